The minimum atomic E-state index is -0.499. The maximum atomic E-state index is 12.5. The topological polar surface area (TPSA) is 91.3 Å². The van der Waals surface area contributed by atoms with Crippen LogP contribution in [0.4, 0.5) is 5.69 Å². The first-order chi connectivity index (χ1) is 9.08. The highest BCUT2D eigenvalue weighted by Gasteiger charge is 2.44. The van der Waals surface area contributed by atoms with Crippen LogP contribution in [0, 0.1) is 16.0 Å². The Morgan fingerprint density at radius 2 is 2.32 bits per heavy atom. The first-order valence-corrected chi connectivity index (χ1v) is 6.44. The predicted octanol–water partition coefficient (Wildman–Crippen LogP) is 0.745. The van der Waals surface area contributed by atoms with Crippen LogP contribution in [0.1, 0.15) is 23.8 Å². The van der Waals surface area contributed by atoms with E-state index in [0.29, 0.717) is 11.6 Å². The highest BCUT2D eigenvalue weighted by atomic mass is 16.6. The number of hydrogen-bond acceptors (Lipinski definition) is 4. The summed E-state index contributed by atoms with van der Waals surface area (Å²) in [6.45, 7) is 3.79. The second kappa shape index (κ2) is 4.34. The van der Waals surface area contributed by atoms with E-state index in [1.807, 2.05) is 11.8 Å². The second-order valence-electron chi connectivity index (χ2n) is 5.31. The molecule has 3 rings (SSSR count). The van der Waals surface area contributed by atoms with Gasteiger partial charge in [-0.3, -0.25) is 14.9 Å². The summed E-state index contributed by atoms with van der Waals surface area (Å²) in [5.74, 6) is 0.362. The molecule has 0 aliphatic carbocycles. The quantitative estimate of drug-likeness (QED) is 0.609. The summed E-state index contributed by atoms with van der Waals surface area (Å²) in [4.78, 5) is 27.2. The van der Waals surface area contributed by atoms with Gasteiger partial charge in [-0.15, -0.1) is 0 Å². The summed E-state index contributed by atoms with van der Waals surface area (Å²) >= 11 is 0. The number of rotatable bonds is 2. The molecule has 0 bridgehead atoms. The zero-order valence-electron chi connectivity index (χ0n) is 10.6. The fraction of sp³-hybridized carbons (Fsp3) is 0.583. The Balaban J connectivity index is 1.84. The van der Waals surface area contributed by atoms with Crippen molar-refractivity contribution >= 4 is 11.6 Å². The number of aromatic nitrogens is 1. The molecule has 0 radical (unpaired) electrons. The minimum Gasteiger partial charge on any atom is -0.351 e. The van der Waals surface area contributed by atoms with Crippen LogP contribution in [-0.2, 0) is 0 Å². The SMILES string of the molecule is CC1CC2CNCC2N1C(=O)c1cc([N+](=O)[O-])c[nH]1. The Morgan fingerprint density at radius 1 is 1.53 bits per heavy atom. The van der Waals surface area contributed by atoms with E-state index < -0.39 is 4.92 Å². The number of nitro groups is 1. The zero-order valence-corrected chi connectivity index (χ0v) is 10.6. The van der Waals surface area contributed by atoms with Gasteiger partial charge in [0, 0.05) is 31.2 Å². The monoisotopic (exact) mass is 264 g/mol. The minimum absolute atomic E-state index is 0.0729. The van der Waals surface area contributed by atoms with Crippen molar-refractivity contribution in [3.05, 3.63) is 28.1 Å². The van der Waals surface area contributed by atoms with Crippen LogP contribution in [0.3, 0.4) is 0 Å². The van der Waals surface area contributed by atoms with E-state index in [2.05, 4.69) is 10.3 Å². The number of nitrogens with one attached hydrogen (secondary N) is 2. The molecule has 7 heteroatoms. The average Bonchev–Trinajstić information content (AvgIpc) is 3.01. The maximum absolute atomic E-state index is 12.5. The summed E-state index contributed by atoms with van der Waals surface area (Å²) in [7, 11) is 0. The molecule has 2 fully saturated rings. The molecule has 1 amide bonds. The molecule has 1 aromatic heterocycles. The van der Waals surface area contributed by atoms with E-state index in [9.17, 15) is 14.9 Å². The van der Waals surface area contributed by atoms with Gasteiger partial charge in [0.2, 0.25) is 0 Å². The number of amides is 1. The van der Waals surface area contributed by atoms with Crippen LogP contribution >= 0.6 is 0 Å². The number of nitrogens with zero attached hydrogens (tertiary/aromatic N) is 2. The third-order valence-electron chi connectivity index (χ3n) is 4.12. The molecule has 3 heterocycles. The van der Waals surface area contributed by atoms with Crippen molar-refractivity contribution < 1.29 is 9.72 Å². The summed E-state index contributed by atoms with van der Waals surface area (Å²) < 4.78 is 0. The molecular formula is C12H16N4O3. The summed E-state index contributed by atoms with van der Waals surface area (Å²) in [5.41, 5.74) is 0.224. The standard InChI is InChI=1S/C12H16N4O3/c1-7-2-8-4-13-6-11(8)15(7)12(17)10-3-9(5-14-10)16(18)19/h3,5,7-8,11,13-14H,2,4,6H2,1H3. The molecule has 102 valence electrons. The van der Waals surface area contributed by atoms with Gasteiger partial charge in [-0.2, -0.15) is 0 Å². The molecule has 2 N–H and O–H groups in total. The first-order valence-electron chi connectivity index (χ1n) is 6.44. The largest absolute Gasteiger partial charge is 0.351 e. The first kappa shape index (κ1) is 12.2. The Hall–Kier alpha value is -1.89. The van der Waals surface area contributed by atoms with Crippen molar-refractivity contribution in [1.29, 1.82) is 0 Å². The van der Waals surface area contributed by atoms with Crippen LogP contribution in [0.25, 0.3) is 0 Å². The fourth-order valence-electron chi connectivity index (χ4n) is 3.27. The zero-order chi connectivity index (χ0) is 13.6. The lowest BCUT2D eigenvalue weighted by Gasteiger charge is -2.27. The smallest absolute Gasteiger partial charge is 0.287 e. The van der Waals surface area contributed by atoms with E-state index in [1.165, 1.54) is 12.3 Å². The lowest BCUT2D eigenvalue weighted by atomic mass is 10.0. The maximum Gasteiger partial charge on any atom is 0.287 e. The Kier molecular flexibility index (Phi) is 2.78. The average molecular weight is 264 g/mol. The van der Waals surface area contributed by atoms with Crippen LogP contribution in [0.15, 0.2) is 12.3 Å². The molecular weight excluding hydrogens is 248 g/mol. The van der Waals surface area contributed by atoms with E-state index in [4.69, 9.17) is 0 Å². The van der Waals surface area contributed by atoms with Crippen LogP contribution in [0.5, 0.6) is 0 Å². The lowest BCUT2D eigenvalue weighted by Crippen LogP contribution is -2.42. The summed E-state index contributed by atoms with van der Waals surface area (Å²) in [6.07, 6.45) is 2.25. The normalized spacial score (nSPS) is 29.5. The van der Waals surface area contributed by atoms with Crippen LogP contribution < -0.4 is 5.32 Å². The molecule has 1 aromatic rings. The number of H-pyrrole nitrogens is 1. The van der Waals surface area contributed by atoms with Gasteiger partial charge < -0.3 is 15.2 Å². The number of fused-ring (bicyclic) bond motifs is 1. The van der Waals surface area contributed by atoms with E-state index in [0.717, 1.165) is 19.5 Å². The number of likely N-dealkylation sites (tertiary alicyclic amines) is 1. The molecule has 7 nitrogen and oxygen atoms in total. The van der Waals surface area contributed by atoms with Crippen molar-refractivity contribution in [2.24, 2.45) is 5.92 Å². The highest BCUT2D eigenvalue weighted by molar-refractivity contribution is 5.94. The fourth-order valence-corrected chi connectivity index (χ4v) is 3.27. The molecule has 0 spiro atoms. The molecule has 2 saturated heterocycles. The van der Waals surface area contributed by atoms with Gasteiger partial charge in [0.05, 0.1) is 11.1 Å². The molecule has 2 aliphatic rings. The Morgan fingerprint density at radius 3 is 3.00 bits per heavy atom. The Labute approximate surface area is 110 Å². The third kappa shape index (κ3) is 1.90. The second-order valence-corrected chi connectivity index (χ2v) is 5.31. The van der Waals surface area contributed by atoms with Gasteiger partial charge in [-0.1, -0.05) is 0 Å². The van der Waals surface area contributed by atoms with Crippen molar-refractivity contribution in [3.63, 3.8) is 0 Å². The summed E-state index contributed by atoms with van der Waals surface area (Å²) in [6, 6.07) is 1.71. The van der Waals surface area contributed by atoms with Crippen molar-refractivity contribution in [2.45, 2.75) is 25.4 Å². The number of aromatic amines is 1. The van der Waals surface area contributed by atoms with Crippen LogP contribution in [0.2, 0.25) is 0 Å². The van der Waals surface area contributed by atoms with Crippen molar-refractivity contribution in [3.8, 4) is 0 Å². The highest BCUT2D eigenvalue weighted by Crippen LogP contribution is 2.33. The van der Waals surface area contributed by atoms with Gasteiger partial charge in [0.25, 0.3) is 11.6 Å². The third-order valence-corrected chi connectivity index (χ3v) is 4.12. The summed E-state index contributed by atoms with van der Waals surface area (Å²) in [5, 5.41) is 13.9. The number of carbonyl (C=O) groups is 1. The van der Waals surface area contributed by atoms with Gasteiger partial charge in [0.1, 0.15) is 5.69 Å². The lowest BCUT2D eigenvalue weighted by molar-refractivity contribution is -0.384. The van der Waals surface area contributed by atoms with Crippen LogP contribution in [-0.4, -0.2) is 45.9 Å². The number of hydrogen-bond donors (Lipinski definition) is 2. The van der Waals surface area contributed by atoms with Gasteiger partial charge in [0.15, 0.2) is 0 Å². The van der Waals surface area contributed by atoms with Gasteiger partial charge in [-0.25, -0.2) is 0 Å². The molecule has 0 aromatic carbocycles. The molecule has 3 atom stereocenters. The van der Waals surface area contributed by atoms with Crippen molar-refractivity contribution in [2.75, 3.05) is 13.1 Å². The van der Waals surface area contributed by atoms with Crippen molar-refractivity contribution in [1.82, 2.24) is 15.2 Å². The van der Waals surface area contributed by atoms with Gasteiger partial charge in [-0.05, 0) is 19.3 Å². The molecule has 3 unspecified atom stereocenters. The number of carbonyl (C=O) groups excluding carboxylic acids is 1. The van der Waals surface area contributed by atoms with E-state index >= 15 is 0 Å². The van der Waals surface area contributed by atoms with Gasteiger partial charge >= 0.3 is 0 Å². The molecule has 2 aliphatic heterocycles. The van der Waals surface area contributed by atoms with E-state index in [-0.39, 0.29) is 23.7 Å². The predicted molar refractivity (Wildman–Crippen MR) is 67.8 cm³/mol. The van der Waals surface area contributed by atoms with E-state index in [1.54, 1.807) is 0 Å². The molecule has 19 heavy (non-hydrogen) atoms. The Bertz CT molecular complexity index is 527. The molecule has 0 saturated carbocycles.